The molecule has 25 heavy (non-hydrogen) atoms. The van der Waals surface area contributed by atoms with E-state index in [4.69, 9.17) is 4.74 Å². The fraction of sp³-hybridized carbons (Fsp3) is 0.900. The van der Waals surface area contributed by atoms with E-state index in [0.29, 0.717) is 68.8 Å². The zero-order chi connectivity index (χ0) is 16.6. The monoisotopic (exact) mass is 466 g/mol. The topological polar surface area (TPSA) is 43.4 Å². The van der Waals surface area contributed by atoms with Crippen molar-refractivity contribution in [3.05, 3.63) is 0 Å². The number of fused-ring (bicyclic) bond motifs is 2. The molecule has 8 bridgehead atoms. The molecular weight excluding hydrogens is 448 g/mol. The van der Waals surface area contributed by atoms with Crippen molar-refractivity contribution in [1.29, 1.82) is 0 Å². The molecule has 9 aliphatic rings. The van der Waals surface area contributed by atoms with Crippen LogP contribution in [0.4, 0.5) is 0 Å². The molecule has 1 saturated heterocycles. The Bertz CT molecular complexity index is 734. The summed E-state index contributed by atoms with van der Waals surface area (Å²) in [6, 6.07) is 0. The SMILES string of the molecule is O=C1OC(=O)[C@]23[C@H]4[C@H]5[C@@H]6[C@H]([C@@H]7[C@@H](CC[C@@H]7Br)[C@@H]62)[C@]13[C@@H]5[C@@H]1CC[C@@H](Br)[C@@H]14. The summed E-state index contributed by atoms with van der Waals surface area (Å²) in [6.07, 6.45) is 4.93. The highest BCUT2D eigenvalue weighted by Crippen LogP contribution is 2.99. The molecule has 0 aromatic heterocycles. The van der Waals surface area contributed by atoms with Crippen LogP contribution in [-0.4, -0.2) is 21.6 Å². The maximum Gasteiger partial charge on any atom is 0.321 e. The Labute approximate surface area is 163 Å². The number of carbonyl (C=O) groups excluding carboxylic acids is 2. The summed E-state index contributed by atoms with van der Waals surface area (Å²) in [5.41, 5.74) is -0.824. The Hall–Kier alpha value is 0.1000. The fourth-order valence-corrected chi connectivity index (χ4v) is 13.5. The van der Waals surface area contributed by atoms with E-state index < -0.39 is 10.8 Å². The summed E-state index contributed by atoms with van der Waals surface area (Å²) >= 11 is 7.93. The lowest BCUT2D eigenvalue weighted by Gasteiger charge is -2.54. The molecule has 0 aromatic carbocycles. The second kappa shape index (κ2) is 3.68. The first kappa shape index (κ1) is 14.1. The number of hydrogen-bond donors (Lipinski definition) is 0. The molecule has 14 atom stereocenters. The summed E-state index contributed by atoms with van der Waals surface area (Å²) in [6.45, 7) is 0. The maximum atomic E-state index is 13.4. The summed E-state index contributed by atoms with van der Waals surface area (Å²) < 4.78 is 5.54. The minimum atomic E-state index is -0.412. The van der Waals surface area contributed by atoms with Crippen molar-refractivity contribution in [2.45, 2.75) is 35.3 Å². The molecule has 8 saturated carbocycles. The molecule has 5 heteroatoms. The second-order valence-electron chi connectivity index (χ2n) is 10.3. The molecule has 1 aliphatic heterocycles. The number of alkyl halides is 2. The molecule has 132 valence electrons. The summed E-state index contributed by atoms with van der Waals surface area (Å²) in [5.74, 6) is 5.45. The van der Waals surface area contributed by atoms with Gasteiger partial charge in [-0.2, -0.15) is 0 Å². The van der Waals surface area contributed by atoms with E-state index in [1.807, 2.05) is 0 Å². The van der Waals surface area contributed by atoms with Crippen LogP contribution in [0.3, 0.4) is 0 Å². The highest BCUT2D eigenvalue weighted by Gasteiger charge is 3.03. The van der Waals surface area contributed by atoms with Crippen LogP contribution < -0.4 is 0 Å². The number of rotatable bonds is 0. The van der Waals surface area contributed by atoms with Crippen molar-refractivity contribution in [1.82, 2.24) is 0 Å². The minimum Gasteiger partial charge on any atom is -0.392 e. The molecule has 0 N–H and O–H groups in total. The van der Waals surface area contributed by atoms with Crippen LogP contribution in [0.15, 0.2) is 0 Å². The number of carbonyl (C=O) groups is 2. The lowest BCUT2D eigenvalue weighted by molar-refractivity contribution is -0.163. The maximum absolute atomic E-state index is 13.4. The first-order chi connectivity index (χ1) is 12.1. The van der Waals surface area contributed by atoms with Crippen molar-refractivity contribution in [3.63, 3.8) is 0 Å². The standard InChI is InChI=1S/C20H20Br2O3/c21-7-3-1-5-9(7)15-11-12-14-6-2-4-8(22)10(6)16(12)19(13(5)11)17(23)25-18(24)20(14,15)19/h5-16H,1-4H2/t5-,6-,7-,8+,9-,10-,11+,12+,13-,14+,15-,16+,19-,20-/m1/s1. The van der Waals surface area contributed by atoms with Gasteiger partial charge in [-0.05, 0) is 84.9 Å². The van der Waals surface area contributed by atoms with Gasteiger partial charge >= 0.3 is 11.9 Å². The van der Waals surface area contributed by atoms with E-state index in [2.05, 4.69) is 31.9 Å². The number of hydrogen-bond acceptors (Lipinski definition) is 3. The van der Waals surface area contributed by atoms with E-state index in [0.717, 1.165) is 0 Å². The van der Waals surface area contributed by atoms with Gasteiger partial charge in [0.05, 0.1) is 10.8 Å². The number of cyclic esters (lactones) is 2. The Balaban J connectivity index is 1.45. The van der Waals surface area contributed by atoms with Crippen molar-refractivity contribution < 1.29 is 14.3 Å². The van der Waals surface area contributed by atoms with Gasteiger partial charge in [-0.1, -0.05) is 31.9 Å². The number of halogens is 2. The zero-order valence-electron chi connectivity index (χ0n) is 13.7. The lowest BCUT2D eigenvalue weighted by atomic mass is 9.45. The highest BCUT2D eigenvalue weighted by molar-refractivity contribution is 9.09. The molecule has 3 nitrogen and oxygen atoms in total. The van der Waals surface area contributed by atoms with E-state index in [-0.39, 0.29) is 11.9 Å². The van der Waals surface area contributed by atoms with Gasteiger partial charge in [-0.25, -0.2) is 0 Å². The molecule has 8 aliphatic carbocycles. The Morgan fingerprint density at radius 1 is 0.680 bits per heavy atom. The Morgan fingerprint density at radius 2 is 1.12 bits per heavy atom. The molecule has 0 radical (unpaired) electrons. The third kappa shape index (κ3) is 0.954. The van der Waals surface area contributed by atoms with Crippen LogP contribution in [-0.2, 0) is 14.3 Å². The number of esters is 2. The molecule has 2 spiro atoms. The predicted molar refractivity (Wildman–Crippen MR) is 94.8 cm³/mol. The molecule has 0 amide bonds. The minimum absolute atomic E-state index is 0.0912. The third-order valence-corrected chi connectivity index (χ3v) is 13.0. The van der Waals surface area contributed by atoms with Crippen molar-refractivity contribution in [2.24, 2.45) is 70.0 Å². The summed E-state index contributed by atoms with van der Waals surface area (Å²) in [5, 5.41) is 0. The van der Waals surface area contributed by atoms with Crippen molar-refractivity contribution in [2.75, 3.05) is 0 Å². The second-order valence-corrected chi connectivity index (χ2v) is 12.7. The first-order valence-corrected chi connectivity index (χ1v) is 12.0. The average molecular weight is 468 g/mol. The van der Waals surface area contributed by atoms with E-state index in [1.54, 1.807) is 0 Å². The molecule has 1 heterocycles. The Morgan fingerprint density at radius 3 is 1.56 bits per heavy atom. The molecule has 0 unspecified atom stereocenters. The van der Waals surface area contributed by atoms with Crippen molar-refractivity contribution >= 4 is 43.8 Å². The van der Waals surface area contributed by atoms with Gasteiger partial charge in [0.25, 0.3) is 0 Å². The Kier molecular flexibility index (Phi) is 2.08. The van der Waals surface area contributed by atoms with Crippen LogP contribution in [0.2, 0.25) is 0 Å². The lowest BCUT2D eigenvalue weighted by Crippen LogP contribution is -2.61. The fourth-order valence-electron chi connectivity index (χ4n) is 11.5. The van der Waals surface area contributed by atoms with E-state index >= 15 is 0 Å². The van der Waals surface area contributed by atoms with Gasteiger partial charge in [0.1, 0.15) is 0 Å². The van der Waals surface area contributed by atoms with Gasteiger partial charge in [0, 0.05) is 9.65 Å². The van der Waals surface area contributed by atoms with Gasteiger partial charge in [0.2, 0.25) is 0 Å². The highest BCUT2D eigenvalue weighted by atomic mass is 79.9. The summed E-state index contributed by atoms with van der Waals surface area (Å²) in [7, 11) is 0. The number of ether oxygens (including phenoxy) is 1. The molecule has 0 aromatic rings. The van der Waals surface area contributed by atoms with Crippen molar-refractivity contribution in [3.8, 4) is 0 Å². The smallest absolute Gasteiger partial charge is 0.321 e. The molecule has 9 rings (SSSR count). The van der Waals surface area contributed by atoms with Crippen LogP contribution >= 0.6 is 31.9 Å². The van der Waals surface area contributed by atoms with Gasteiger partial charge in [-0.15, -0.1) is 0 Å². The quantitative estimate of drug-likeness (QED) is 0.311. The van der Waals surface area contributed by atoms with Crippen LogP contribution in [0, 0.1) is 70.0 Å². The largest absolute Gasteiger partial charge is 0.392 e. The normalized spacial score (nSPS) is 75.0. The van der Waals surface area contributed by atoms with Crippen LogP contribution in [0.1, 0.15) is 25.7 Å². The van der Waals surface area contributed by atoms with Gasteiger partial charge < -0.3 is 4.74 Å². The van der Waals surface area contributed by atoms with Gasteiger partial charge in [0.15, 0.2) is 0 Å². The van der Waals surface area contributed by atoms with E-state index in [9.17, 15) is 9.59 Å². The first-order valence-electron chi connectivity index (χ1n) is 10.1. The summed E-state index contributed by atoms with van der Waals surface area (Å²) in [4.78, 5) is 27.8. The third-order valence-electron chi connectivity index (χ3n) is 10.9. The predicted octanol–water partition coefficient (Wildman–Crippen LogP) is 3.39. The average Bonchev–Trinajstić information content (AvgIpc) is 3.35. The molecular formula is C20H20Br2O3. The molecule has 9 fully saturated rings. The van der Waals surface area contributed by atoms with Crippen LogP contribution in [0.25, 0.3) is 0 Å². The van der Waals surface area contributed by atoms with E-state index in [1.165, 1.54) is 25.7 Å². The van der Waals surface area contributed by atoms with Gasteiger partial charge in [-0.3, -0.25) is 9.59 Å². The van der Waals surface area contributed by atoms with Crippen LogP contribution in [0.5, 0.6) is 0 Å². The zero-order valence-corrected chi connectivity index (χ0v) is 16.9.